The summed E-state index contributed by atoms with van der Waals surface area (Å²) in [5, 5.41) is 11.6. The van der Waals surface area contributed by atoms with Crippen molar-refractivity contribution in [3.63, 3.8) is 0 Å². The van der Waals surface area contributed by atoms with Crippen molar-refractivity contribution in [1.82, 2.24) is 85.4 Å². The molecular weight excluding hydrogens is 1540 g/mol. The Balaban J connectivity index is 0.000000170. The fourth-order valence-electron chi connectivity index (χ4n) is 12.2. The van der Waals surface area contributed by atoms with Crippen LogP contribution in [-0.2, 0) is 60.9 Å². The summed E-state index contributed by atoms with van der Waals surface area (Å²) < 4.78 is 67.2. The average molecular weight is 1640 g/mol. The van der Waals surface area contributed by atoms with Gasteiger partial charge in [0.2, 0.25) is 5.91 Å². The topological polar surface area (TPSA) is 374 Å². The fraction of sp³-hybridized carbons (Fsp3) is 0.318. The monoisotopic (exact) mass is 1640 g/mol. The van der Waals surface area contributed by atoms with Crippen LogP contribution < -0.4 is 21.3 Å². The lowest BCUT2D eigenvalue weighted by atomic mass is 9.92. The van der Waals surface area contributed by atoms with Crippen molar-refractivity contribution in [2.75, 3.05) is 42.3 Å². The Hall–Kier alpha value is -13.1. The van der Waals surface area contributed by atoms with E-state index in [0.717, 1.165) is 110 Å². The number of carbonyl (C=O) groups is 5. The molecule has 0 aliphatic heterocycles. The maximum Gasteiger partial charge on any atom is 0.433 e. The Kier molecular flexibility index (Phi) is 33.5. The smallest absolute Gasteiger partial charge is 0.433 e. The number of hydrogen-bond acceptors (Lipinski definition) is 25. The van der Waals surface area contributed by atoms with Crippen LogP contribution in [0.15, 0.2) is 193 Å². The molecule has 27 nitrogen and oxygen atoms in total. The number of alkyl halides is 3. The predicted molar refractivity (Wildman–Crippen MR) is 447 cm³/mol. The number of aryl methyl sites for hydroxylation is 7. The van der Waals surface area contributed by atoms with Gasteiger partial charge in [0.15, 0.2) is 46.4 Å². The molecule has 4 N–H and O–H groups in total. The SMILES string of the molecule is CC(C)C1C(=O)CC(Nc2cc(C(F)(F)F)nc(-c3ccccn3)n2)C1=O.CCNC(=O)CCc1nc(-c2ccccn2)nc(C)c1C.Cc1cc(CCCNC(=O)c2ccco2)nc(-c2ccccn2)n1.Cc1cc(NCCCC(=O)Cc2ccccc2)nc(-c2ccccn2)n1.Cc1nc(-c2ccccn2)nc(CCCS(C)(=O)=O)c1C. The number of nitrogens with zero attached hydrogens (tertiary/aromatic N) is 15. The number of furan rings is 1. The van der Waals surface area contributed by atoms with Gasteiger partial charge in [-0.2, -0.15) is 13.2 Å². The highest BCUT2D eigenvalue weighted by molar-refractivity contribution is 7.90. The zero-order valence-electron chi connectivity index (χ0n) is 68.0. The van der Waals surface area contributed by atoms with E-state index in [0.29, 0.717) is 87.2 Å². The maximum atomic E-state index is 13.2. The fourth-order valence-corrected chi connectivity index (χ4v) is 12.9. The lowest BCUT2D eigenvalue weighted by Gasteiger charge is -2.16. The van der Waals surface area contributed by atoms with Gasteiger partial charge in [-0.25, -0.2) is 58.3 Å². The predicted octanol–water partition coefficient (Wildman–Crippen LogP) is 14.2. The number of Topliss-reactive ketones (excluding diaryl/α,β-unsaturated/α-hetero) is 3. The van der Waals surface area contributed by atoms with E-state index in [2.05, 4.69) is 96.0 Å². The minimum Gasteiger partial charge on any atom is -0.459 e. The van der Waals surface area contributed by atoms with Crippen molar-refractivity contribution in [3.05, 3.63) is 257 Å². The van der Waals surface area contributed by atoms with E-state index in [-0.39, 0.29) is 64.6 Å². The van der Waals surface area contributed by atoms with Gasteiger partial charge < -0.3 is 25.7 Å². The van der Waals surface area contributed by atoms with Crippen LogP contribution >= 0.6 is 0 Å². The molecule has 2 unspecified atom stereocenters. The Morgan fingerprint density at radius 2 is 1.03 bits per heavy atom. The number of anilines is 2. The van der Waals surface area contributed by atoms with Crippen molar-refractivity contribution in [2.24, 2.45) is 11.8 Å². The second-order valence-corrected chi connectivity index (χ2v) is 30.5. The summed E-state index contributed by atoms with van der Waals surface area (Å²) in [5.41, 5.74) is 11.5. The molecule has 31 heteroatoms. The molecule has 13 rings (SSSR count). The summed E-state index contributed by atoms with van der Waals surface area (Å²) in [5.74, 6) is 1.94. The number of nitrogens with one attached hydrogen (secondary N) is 4. The number of pyridine rings is 5. The van der Waals surface area contributed by atoms with Gasteiger partial charge in [0.05, 0.1) is 24.0 Å². The highest BCUT2D eigenvalue weighted by atomic mass is 32.2. The Labute approximate surface area is 689 Å². The second kappa shape index (κ2) is 44.3. The summed E-state index contributed by atoms with van der Waals surface area (Å²) in [7, 11) is -2.94. The van der Waals surface area contributed by atoms with E-state index in [1.165, 1.54) is 24.8 Å². The summed E-state index contributed by atoms with van der Waals surface area (Å²) in [6, 6.07) is 44.2. The number of sulfone groups is 1. The van der Waals surface area contributed by atoms with Gasteiger partial charge in [-0.1, -0.05) is 74.5 Å². The first-order valence-corrected chi connectivity index (χ1v) is 40.9. The third-order valence-corrected chi connectivity index (χ3v) is 19.4. The van der Waals surface area contributed by atoms with Gasteiger partial charge in [0.1, 0.15) is 61.5 Å². The molecule has 12 aromatic rings. The van der Waals surface area contributed by atoms with Crippen LogP contribution in [0.5, 0.6) is 0 Å². The molecule has 1 fully saturated rings. The van der Waals surface area contributed by atoms with Gasteiger partial charge in [0.25, 0.3) is 5.91 Å². The number of rotatable bonds is 28. The first-order valence-electron chi connectivity index (χ1n) is 38.9. The van der Waals surface area contributed by atoms with Crippen LogP contribution in [0.25, 0.3) is 57.6 Å². The maximum absolute atomic E-state index is 13.2. The van der Waals surface area contributed by atoms with Crippen LogP contribution in [0.3, 0.4) is 0 Å². The number of hydrogen-bond donors (Lipinski definition) is 4. The number of halogens is 3. The van der Waals surface area contributed by atoms with Crippen LogP contribution in [-0.4, -0.2) is 150 Å². The first-order chi connectivity index (χ1) is 57.1. The Bertz CT molecular complexity index is 5440. The molecule has 1 saturated carbocycles. The van der Waals surface area contributed by atoms with E-state index in [4.69, 9.17) is 4.42 Å². The van der Waals surface area contributed by atoms with Gasteiger partial charge >= 0.3 is 6.18 Å². The van der Waals surface area contributed by atoms with Crippen molar-refractivity contribution in [3.8, 4) is 57.6 Å². The highest BCUT2D eigenvalue weighted by Gasteiger charge is 2.43. The summed E-state index contributed by atoms with van der Waals surface area (Å²) in [4.78, 5) is 125. The molecule has 11 aromatic heterocycles. The normalized spacial score (nSPS) is 12.9. The van der Waals surface area contributed by atoms with Gasteiger partial charge in [-0.05, 0) is 188 Å². The quantitative estimate of drug-likeness (QED) is 0.0261. The minimum atomic E-state index is -4.70. The van der Waals surface area contributed by atoms with E-state index in [1.807, 2.05) is 164 Å². The van der Waals surface area contributed by atoms with Crippen LogP contribution in [0, 0.1) is 53.4 Å². The highest BCUT2D eigenvalue weighted by Crippen LogP contribution is 2.33. The summed E-state index contributed by atoms with van der Waals surface area (Å²) in [6.07, 6.45) is 11.9. The molecular formula is C88H96F3N19O8S. The number of amides is 2. The van der Waals surface area contributed by atoms with E-state index in [9.17, 15) is 45.6 Å². The molecule has 1 aliphatic carbocycles. The number of carbonyl (C=O) groups excluding carboxylic acids is 5. The molecule has 0 bridgehead atoms. The molecule has 2 atom stereocenters. The van der Waals surface area contributed by atoms with Gasteiger partial charge in [0, 0.05) is 135 Å². The van der Waals surface area contributed by atoms with Crippen molar-refractivity contribution >= 4 is 50.6 Å². The molecule has 1 aliphatic rings. The zero-order valence-corrected chi connectivity index (χ0v) is 68.9. The molecule has 0 saturated heterocycles. The third-order valence-electron chi connectivity index (χ3n) is 18.3. The largest absolute Gasteiger partial charge is 0.459 e. The van der Waals surface area contributed by atoms with Crippen molar-refractivity contribution in [1.29, 1.82) is 0 Å². The van der Waals surface area contributed by atoms with Crippen molar-refractivity contribution < 1.29 is 50.0 Å². The molecule has 2 amide bonds. The number of benzene rings is 1. The summed E-state index contributed by atoms with van der Waals surface area (Å²) >= 11 is 0. The lowest BCUT2D eigenvalue weighted by Crippen LogP contribution is -2.30. The van der Waals surface area contributed by atoms with Gasteiger partial charge in [-0.15, -0.1) is 0 Å². The first kappa shape index (κ1) is 89.9. The molecule has 0 radical (unpaired) electrons. The van der Waals surface area contributed by atoms with E-state index >= 15 is 0 Å². The van der Waals surface area contributed by atoms with Crippen molar-refractivity contribution in [2.45, 2.75) is 139 Å². The Morgan fingerprint density at radius 1 is 0.529 bits per heavy atom. The zero-order chi connectivity index (χ0) is 85.4. The van der Waals surface area contributed by atoms with E-state index < -0.39 is 33.7 Å². The number of aromatic nitrogens is 15. The average Bonchev–Trinajstić information content (AvgIpc) is 1.73. The molecule has 1 aromatic carbocycles. The van der Waals surface area contributed by atoms with Crippen LogP contribution in [0.4, 0.5) is 24.8 Å². The lowest BCUT2D eigenvalue weighted by molar-refractivity contribution is -0.141. The minimum absolute atomic E-state index is 0.0487. The van der Waals surface area contributed by atoms with Crippen LogP contribution in [0.1, 0.15) is 132 Å². The van der Waals surface area contributed by atoms with Crippen LogP contribution in [0.2, 0.25) is 0 Å². The van der Waals surface area contributed by atoms with Gasteiger partial charge in [-0.3, -0.25) is 48.9 Å². The Morgan fingerprint density at radius 3 is 1.52 bits per heavy atom. The standard InChI is InChI=1S/C21H22N4O.C18H17F3N4O2.C18H18N4O2.C16H20N4O.C15H19N3O2S/c1-16-14-20(25-21(24-16)19-11-5-6-12-22-19)23-13-7-10-18(26)15-17-8-3-2-4-9-17;1-9(2)15-12(26)7-11(16(15)27)23-14-8-13(18(19,20)21)24-17(25-14)10-5-3-4-6-22-10;1-13-12-14(22-17(21-13)15-7-2-3-9-19-15)6-4-10-20-18(23)16-8-5-11-24-16;1-4-17-15(21)9-8-13-11(2)12(3)19-16(20-13)14-7-5-6-10-18-14;1-11-12(2)17-15(14-7-4-5-9-16-14)18-13(11)8-6-10-21(3,19)20/h2-6,8-9,11-12,14H,7,10,13,15H2,1H3,(H,23,24,25);3-6,8-9,11,15H,7H2,1-2H3,(H,23,24,25);2-3,5,7-9,11-12H,4,6,10H2,1H3,(H,20,23);5-7,10H,4,8-9H2,1-3H3,(H,17,21);4-5,7,9H,6,8,10H2,1-3H3. The molecule has 618 valence electrons. The van der Waals surface area contributed by atoms with E-state index in [1.54, 1.807) is 62.9 Å². The second-order valence-electron chi connectivity index (χ2n) is 28.2. The molecule has 119 heavy (non-hydrogen) atoms. The summed E-state index contributed by atoms with van der Waals surface area (Å²) in [6.45, 7) is 19.1. The molecule has 11 heterocycles. The molecule has 0 spiro atoms. The number of ketones is 3. The third kappa shape index (κ3) is 28.7.